The lowest BCUT2D eigenvalue weighted by molar-refractivity contribution is 0.0953. The van der Waals surface area contributed by atoms with Gasteiger partial charge < -0.3 is 15.3 Å². The number of aliphatic hydroxyl groups is 1. The van der Waals surface area contributed by atoms with E-state index in [1.165, 1.54) is 18.2 Å². The fourth-order valence-corrected chi connectivity index (χ4v) is 3.51. The van der Waals surface area contributed by atoms with Crippen LogP contribution in [0.5, 0.6) is 0 Å². The number of anilines is 1. The number of nitrogens with zero attached hydrogens (tertiary/aromatic N) is 6. The smallest absolute Gasteiger partial charge is 0.251 e. The fraction of sp³-hybridized carbons (Fsp3) is 0.400. The predicted molar refractivity (Wildman–Crippen MR) is 109 cm³/mol. The first-order valence-electron chi connectivity index (χ1n) is 9.97. The van der Waals surface area contributed by atoms with Crippen LogP contribution in [0.3, 0.4) is 0 Å². The average Bonchev–Trinajstić information content (AvgIpc) is 3.17. The second-order valence-corrected chi connectivity index (χ2v) is 7.15. The van der Waals surface area contributed by atoms with Crippen LogP contribution < -0.4 is 10.2 Å². The van der Waals surface area contributed by atoms with Gasteiger partial charge in [-0.25, -0.2) is 4.39 Å². The maximum Gasteiger partial charge on any atom is 0.251 e. The molecule has 1 aliphatic heterocycles. The first-order valence-corrected chi connectivity index (χ1v) is 9.97. The summed E-state index contributed by atoms with van der Waals surface area (Å²) in [5.41, 5.74) is 0.922. The number of amides is 1. The molecule has 9 nitrogen and oxygen atoms in total. The topological polar surface area (TPSA) is 98.9 Å². The van der Waals surface area contributed by atoms with E-state index in [1.54, 1.807) is 10.6 Å². The molecule has 2 N–H and O–H groups in total. The van der Waals surface area contributed by atoms with Gasteiger partial charge >= 0.3 is 0 Å². The highest BCUT2D eigenvalue weighted by Crippen LogP contribution is 2.15. The molecule has 1 amide bonds. The second-order valence-electron chi connectivity index (χ2n) is 7.15. The zero-order chi connectivity index (χ0) is 20.9. The molecule has 1 aliphatic rings. The number of carbonyl (C=O) groups excluding carboxylic acids is 1. The lowest BCUT2D eigenvalue weighted by Gasteiger charge is -2.34. The van der Waals surface area contributed by atoms with Crippen LogP contribution in [-0.2, 0) is 6.42 Å². The number of carbonyl (C=O) groups is 1. The molecule has 4 rings (SSSR count). The van der Waals surface area contributed by atoms with Crippen LogP contribution in [0.4, 0.5) is 10.2 Å². The summed E-state index contributed by atoms with van der Waals surface area (Å²) in [7, 11) is 0. The third-order valence-electron chi connectivity index (χ3n) is 5.15. The lowest BCUT2D eigenvalue weighted by atomic mass is 10.2. The molecule has 10 heteroatoms. The first kappa shape index (κ1) is 20.2. The van der Waals surface area contributed by atoms with Crippen molar-refractivity contribution >= 4 is 17.4 Å². The summed E-state index contributed by atoms with van der Waals surface area (Å²) in [6.07, 6.45) is 0.447. The van der Waals surface area contributed by atoms with Crippen molar-refractivity contribution in [2.24, 2.45) is 0 Å². The van der Waals surface area contributed by atoms with Crippen LogP contribution >= 0.6 is 0 Å². The molecule has 0 bridgehead atoms. The van der Waals surface area contributed by atoms with E-state index in [-0.39, 0.29) is 18.1 Å². The predicted octanol–water partition coefficient (Wildman–Crippen LogP) is 0.350. The van der Waals surface area contributed by atoms with Crippen LogP contribution in [0.2, 0.25) is 0 Å². The number of nitrogens with one attached hydrogen (secondary N) is 1. The van der Waals surface area contributed by atoms with Gasteiger partial charge in [-0.15, -0.1) is 15.3 Å². The molecule has 3 aromatic rings. The molecule has 30 heavy (non-hydrogen) atoms. The number of hydrogen-bond acceptors (Lipinski definition) is 7. The quantitative estimate of drug-likeness (QED) is 0.577. The maximum atomic E-state index is 13.3. The van der Waals surface area contributed by atoms with Crippen LogP contribution in [0.15, 0.2) is 36.4 Å². The molecule has 0 radical (unpaired) electrons. The van der Waals surface area contributed by atoms with E-state index < -0.39 is 5.82 Å². The molecule has 1 fully saturated rings. The molecule has 2 aromatic heterocycles. The van der Waals surface area contributed by atoms with Crippen LogP contribution in [0.1, 0.15) is 16.2 Å². The molecule has 0 atom stereocenters. The number of halogens is 1. The molecular weight excluding hydrogens is 389 g/mol. The standard InChI is InChI=1S/C20H24FN7O2/c21-16-3-1-2-15(14-16)20(30)22-7-6-18-24-23-17-4-5-19(25-28(17)18)27-10-8-26(9-11-27)12-13-29/h1-5,14,29H,6-13H2,(H,22,30). The Bertz CT molecular complexity index is 1020. The van der Waals surface area contributed by atoms with E-state index in [0.717, 1.165) is 32.0 Å². The van der Waals surface area contributed by atoms with Crippen molar-refractivity contribution in [1.82, 2.24) is 30.0 Å². The Balaban J connectivity index is 1.39. The Kier molecular flexibility index (Phi) is 6.15. The Hall–Kier alpha value is -3.11. The van der Waals surface area contributed by atoms with Crippen molar-refractivity contribution in [1.29, 1.82) is 0 Å². The number of β-amino-alcohol motifs (C(OH)–C–C–N with tert-alkyl or cyclic N) is 1. The van der Waals surface area contributed by atoms with Crippen molar-refractivity contribution < 1.29 is 14.3 Å². The highest BCUT2D eigenvalue weighted by molar-refractivity contribution is 5.94. The Morgan fingerprint density at radius 3 is 2.73 bits per heavy atom. The van der Waals surface area contributed by atoms with Crippen LogP contribution in [0.25, 0.3) is 5.65 Å². The summed E-state index contributed by atoms with van der Waals surface area (Å²) in [6.45, 7) is 4.62. The van der Waals surface area contributed by atoms with Gasteiger partial charge in [0, 0.05) is 51.3 Å². The zero-order valence-corrected chi connectivity index (χ0v) is 16.5. The summed E-state index contributed by atoms with van der Waals surface area (Å²) in [5.74, 6) is 0.707. The minimum atomic E-state index is -0.444. The minimum absolute atomic E-state index is 0.171. The monoisotopic (exact) mass is 413 g/mol. The maximum absolute atomic E-state index is 13.3. The fourth-order valence-electron chi connectivity index (χ4n) is 3.51. The second kappa shape index (κ2) is 9.14. The third-order valence-corrected chi connectivity index (χ3v) is 5.15. The number of rotatable bonds is 7. The van der Waals surface area contributed by atoms with Gasteiger partial charge in [0.2, 0.25) is 0 Å². The summed E-state index contributed by atoms with van der Waals surface area (Å²) in [4.78, 5) is 16.6. The number of piperazine rings is 1. The van der Waals surface area contributed by atoms with E-state index >= 15 is 0 Å². The molecule has 158 valence electrons. The van der Waals surface area contributed by atoms with Crippen molar-refractivity contribution in [3.05, 3.63) is 53.6 Å². The zero-order valence-electron chi connectivity index (χ0n) is 16.5. The van der Waals surface area contributed by atoms with Gasteiger partial charge in [0.05, 0.1) is 6.61 Å². The van der Waals surface area contributed by atoms with E-state index in [4.69, 9.17) is 5.11 Å². The molecule has 1 aromatic carbocycles. The van der Waals surface area contributed by atoms with Crippen molar-refractivity contribution in [2.45, 2.75) is 6.42 Å². The van der Waals surface area contributed by atoms with Crippen molar-refractivity contribution in [3.63, 3.8) is 0 Å². The van der Waals surface area contributed by atoms with Gasteiger partial charge in [0.15, 0.2) is 11.5 Å². The highest BCUT2D eigenvalue weighted by atomic mass is 19.1. The summed E-state index contributed by atoms with van der Waals surface area (Å²) in [5, 5.41) is 24.9. The first-order chi connectivity index (χ1) is 14.6. The summed E-state index contributed by atoms with van der Waals surface area (Å²) >= 11 is 0. The van der Waals surface area contributed by atoms with E-state index in [9.17, 15) is 9.18 Å². The number of aromatic nitrogens is 4. The van der Waals surface area contributed by atoms with Gasteiger partial charge in [0.25, 0.3) is 5.91 Å². The summed E-state index contributed by atoms with van der Waals surface area (Å²) < 4.78 is 15.0. The Morgan fingerprint density at radius 1 is 1.13 bits per heavy atom. The summed E-state index contributed by atoms with van der Waals surface area (Å²) in [6, 6.07) is 9.39. The molecule has 3 heterocycles. The SMILES string of the molecule is O=C(NCCc1nnc2ccc(N3CCN(CCO)CC3)nn12)c1cccc(F)c1. The van der Waals surface area contributed by atoms with E-state index in [1.807, 2.05) is 12.1 Å². The van der Waals surface area contributed by atoms with Gasteiger partial charge in [-0.2, -0.15) is 4.52 Å². The highest BCUT2D eigenvalue weighted by Gasteiger charge is 2.19. The Labute approximate surface area is 173 Å². The molecule has 0 saturated carbocycles. The van der Waals surface area contributed by atoms with Gasteiger partial charge in [-0.1, -0.05) is 6.07 Å². The van der Waals surface area contributed by atoms with Crippen molar-refractivity contribution in [2.75, 3.05) is 50.8 Å². The van der Waals surface area contributed by atoms with Crippen molar-refractivity contribution in [3.8, 4) is 0 Å². The normalized spacial score (nSPS) is 14.9. The van der Waals surface area contributed by atoms with Crippen LogP contribution in [-0.4, -0.2) is 81.6 Å². The number of benzene rings is 1. The lowest BCUT2D eigenvalue weighted by Crippen LogP contribution is -2.47. The van der Waals surface area contributed by atoms with Crippen LogP contribution in [0, 0.1) is 5.82 Å². The van der Waals surface area contributed by atoms with E-state index in [2.05, 4.69) is 30.4 Å². The van der Waals surface area contributed by atoms with Gasteiger partial charge in [0.1, 0.15) is 11.6 Å². The molecule has 0 unspecified atom stereocenters. The average molecular weight is 413 g/mol. The molecule has 0 spiro atoms. The Morgan fingerprint density at radius 2 is 1.97 bits per heavy atom. The van der Waals surface area contributed by atoms with Gasteiger partial charge in [-0.3, -0.25) is 9.69 Å². The van der Waals surface area contributed by atoms with Gasteiger partial charge in [-0.05, 0) is 30.3 Å². The molecule has 1 saturated heterocycles. The minimum Gasteiger partial charge on any atom is -0.395 e. The molecule has 0 aliphatic carbocycles. The number of aliphatic hydroxyl groups excluding tert-OH is 1. The number of hydrogen-bond donors (Lipinski definition) is 2. The largest absolute Gasteiger partial charge is 0.395 e. The van der Waals surface area contributed by atoms with E-state index in [0.29, 0.717) is 31.0 Å². The third kappa shape index (κ3) is 4.55. The molecular formula is C20H24FN7O2. The number of fused-ring (bicyclic) bond motifs is 1.